The summed E-state index contributed by atoms with van der Waals surface area (Å²) in [4.78, 5) is 13.7. The average molecular weight is 461 g/mol. The Hall–Kier alpha value is -2.32. The summed E-state index contributed by atoms with van der Waals surface area (Å²) < 4.78 is 22.7. The first-order chi connectivity index (χ1) is 14.2. The van der Waals surface area contributed by atoms with Gasteiger partial charge in [-0.15, -0.1) is 11.8 Å². The van der Waals surface area contributed by atoms with E-state index in [9.17, 15) is 13.2 Å². The lowest BCUT2D eigenvalue weighted by atomic mass is 10.1. The van der Waals surface area contributed by atoms with E-state index in [0.29, 0.717) is 10.6 Å². The molecule has 3 aromatic carbocycles. The van der Waals surface area contributed by atoms with E-state index in [0.717, 1.165) is 21.8 Å². The Balaban J connectivity index is 1.58. The molecule has 3 aromatic rings. The Bertz CT molecular complexity index is 1110. The third kappa shape index (κ3) is 6.09. The SMILES string of the molecule is CC(NC(=O)c1ccc(CSc2ccc(Cl)cc2)cc1)c1ccc(S(N)(=O)=O)cc1. The van der Waals surface area contributed by atoms with Crippen LogP contribution in [0.15, 0.2) is 82.6 Å². The fourth-order valence-corrected chi connectivity index (χ4v) is 4.26. The molecule has 1 amide bonds. The number of halogens is 1. The van der Waals surface area contributed by atoms with Gasteiger partial charge in [-0.3, -0.25) is 4.79 Å². The quantitative estimate of drug-likeness (QED) is 0.497. The van der Waals surface area contributed by atoms with Gasteiger partial charge in [-0.1, -0.05) is 35.9 Å². The minimum atomic E-state index is -3.73. The number of nitrogens with two attached hydrogens (primary N) is 1. The van der Waals surface area contributed by atoms with Crippen LogP contribution in [0, 0.1) is 0 Å². The average Bonchev–Trinajstić information content (AvgIpc) is 2.73. The van der Waals surface area contributed by atoms with Gasteiger partial charge < -0.3 is 5.32 Å². The molecule has 0 aromatic heterocycles. The van der Waals surface area contributed by atoms with Crippen molar-refractivity contribution in [2.75, 3.05) is 0 Å². The summed E-state index contributed by atoms with van der Waals surface area (Å²) in [6.07, 6.45) is 0. The second kappa shape index (κ2) is 9.66. The molecule has 30 heavy (non-hydrogen) atoms. The standard InChI is InChI=1S/C22H21ClN2O3S2/c1-15(17-6-12-21(13-7-17)30(24,27)28)25-22(26)18-4-2-16(3-5-18)14-29-20-10-8-19(23)9-11-20/h2-13,15H,14H2,1H3,(H,25,26)(H2,24,27,28). The first-order valence-electron chi connectivity index (χ1n) is 9.13. The number of sulfonamides is 1. The lowest BCUT2D eigenvalue weighted by molar-refractivity contribution is 0.0940. The highest BCUT2D eigenvalue weighted by atomic mass is 35.5. The van der Waals surface area contributed by atoms with Gasteiger partial charge in [0.15, 0.2) is 0 Å². The second-order valence-electron chi connectivity index (χ2n) is 6.75. The smallest absolute Gasteiger partial charge is 0.251 e. The van der Waals surface area contributed by atoms with Crippen LogP contribution in [0.5, 0.6) is 0 Å². The fraction of sp³-hybridized carbons (Fsp3) is 0.136. The van der Waals surface area contributed by atoms with Gasteiger partial charge in [0.2, 0.25) is 10.0 Å². The van der Waals surface area contributed by atoms with E-state index in [4.69, 9.17) is 16.7 Å². The number of thioether (sulfide) groups is 1. The number of carbonyl (C=O) groups is 1. The van der Waals surface area contributed by atoms with Crippen molar-refractivity contribution in [2.45, 2.75) is 28.5 Å². The molecular formula is C22H21ClN2O3S2. The molecule has 5 nitrogen and oxygen atoms in total. The van der Waals surface area contributed by atoms with Crippen molar-refractivity contribution >= 4 is 39.3 Å². The molecule has 3 rings (SSSR count). The molecule has 0 saturated carbocycles. The van der Waals surface area contributed by atoms with Crippen LogP contribution >= 0.6 is 23.4 Å². The number of nitrogens with one attached hydrogen (secondary N) is 1. The highest BCUT2D eigenvalue weighted by Gasteiger charge is 2.13. The van der Waals surface area contributed by atoms with Crippen molar-refractivity contribution in [1.29, 1.82) is 0 Å². The molecule has 0 aliphatic heterocycles. The van der Waals surface area contributed by atoms with Gasteiger partial charge in [0.1, 0.15) is 0 Å². The first-order valence-corrected chi connectivity index (χ1v) is 12.0. The Morgan fingerprint density at radius 3 is 2.17 bits per heavy atom. The first kappa shape index (κ1) is 22.4. The largest absolute Gasteiger partial charge is 0.346 e. The number of rotatable bonds is 7. The van der Waals surface area contributed by atoms with Crippen LogP contribution in [0.3, 0.4) is 0 Å². The summed E-state index contributed by atoms with van der Waals surface area (Å²) in [7, 11) is -3.73. The number of primary sulfonamides is 1. The molecule has 0 bridgehead atoms. The maximum absolute atomic E-state index is 12.5. The van der Waals surface area contributed by atoms with Gasteiger partial charge in [0, 0.05) is 21.2 Å². The topological polar surface area (TPSA) is 89.3 Å². The molecule has 0 heterocycles. The summed E-state index contributed by atoms with van der Waals surface area (Å²) in [6, 6.07) is 21.0. The third-order valence-corrected chi connectivity index (χ3v) is 6.76. The predicted molar refractivity (Wildman–Crippen MR) is 121 cm³/mol. The van der Waals surface area contributed by atoms with Gasteiger partial charge in [-0.05, 0) is 66.6 Å². The Labute approximate surface area is 185 Å². The van der Waals surface area contributed by atoms with Crippen LogP contribution in [0.4, 0.5) is 0 Å². The molecule has 0 fully saturated rings. The predicted octanol–water partition coefficient (Wildman–Crippen LogP) is 4.77. The minimum absolute atomic E-state index is 0.0387. The molecule has 0 aliphatic carbocycles. The minimum Gasteiger partial charge on any atom is -0.346 e. The summed E-state index contributed by atoms with van der Waals surface area (Å²) >= 11 is 7.60. The maximum Gasteiger partial charge on any atom is 0.251 e. The molecule has 0 saturated heterocycles. The molecule has 156 valence electrons. The molecule has 0 spiro atoms. The molecule has 1 unspecified atom stereocenters. The maximum atomic E-state index is 12.5. The fourth-order valence-electron chi connectivity index (χ4n) is 2.76. The third-order valence-electron chi connectivity index (χ3n) is 4.49. The van der Waals surface area contributed by atoms with Crippen LogP contribution in [0.25, 0.3) is 0 Å². The van der Waals surface area contributed by atoms with Crippen LogP contribution in [0.2, 0.25) is 5.02 Å². The zero-order chi connectivity index (χ0) is 21.7. The molecule has 3 N–H and O–H groups in total. The van der Waals surface area contributed by atoms with Crippen molar-refractivity contribution in [1.82, 2.24) is 5.32 Å². The summed E-state index contributed by atoms with van der Waals surface area (Å²) in [6.45, 7) is 1.83. The van der Waals surface area contributed by atoms with Gasteiger partial charge in [0.05, 0.1) is 10.9 Å². The Morgan fingerprint density at radius 1 is 1.00 bits per heavy atom. The summed E-state index contributed by atoms with van der Waals surface area (Å²) in [5.41, 5.74) is 2.45. The van der Waals surface area contributed by atoms with E-state index >= 15 is 0 Å². The van der Waals surface area contributed by atoms with E-state index in [2.05, 4.69) is 5.32 Å². The Morgan fingerprint density at radius 2 is 1.60 bits per heavy atom. The molecule has 8 heteroatoms. The van der Waals surface area contributed by atoms with Gasteiger partial charge >= 0.3 is 0 Å². The zero-order valence-corrected chi connectivity index (χ0v) is 18.6. The molecule has 0 radical (unpaired) electrons. The number of hydrogen-bond donors (Lipinski definition) is 2. The van der Waals surface area contributed by atoms with Crippen LogP contribution in [0.1, 0.15) is 34.5 Å². The highest BCUT2D eigenvalue weighted by molar-refractivity contribution is 7.98. The zero-order valence-electron chi connectivity index (χ0n) is 16.2. The van der Waals surface area contributed by atoms with E-state index < -0.39 is 10.0 Å². The summed E-state index contributed by atoms with van der Waals surface area (Å²) in [5, 5.41) is 8.74. The van der Waals surface area contributed by atoms with Gasteiger partial charge in [-0.25, -0.2) is 13.6 Å². The van der Waals surface area contributed by atoms with E-state index in [1.165, 1.54) is 12.1 Å². The van der Waals surface area contributed by atoms with Gasteiger partial charge in [0.25, 0.3) is 5.91 Å². The number of amides is 1. The lowest BCUT2D eigenvalue weighted by Crippen LogP contribution is -2.26. The number of hydrogen-bond acceptors (Lipinski definition) is 4. The van der Waals surface area contributed by atoms with E-state index in [1.54, 1.807) is 36.0 Å². The molecule has 1 atom stereocenters. The Kier molecular flexibility index (Phi) is 7.20. The summed E-state index contributed by atoms with van der Waals surface area (Å²) in [5.74, 6) is 0.589. The van der Waals surface area contributed by atoms with Crippen molar-refractivity contribution in [2.24, 2.45) is 5.14 Å². The normalized spacial score (nSPS) is 12.4. The van der Waals surface area contributed by atoms with E-state index in [1.807, 2.05) is 43.3 Å². The number of carbonyl (C=O) groups excluding carboxylic acids is 1. The van der Waals surface area contributed by atoms with E-state index in [-0.39, 0.29) is 16.8 Å². The van der Waals surface area contributed by atoms with Crippen molar-refractivity contribution in [3.63, 3.8) is 0 Å². The lowest BCUT2D eigenvalue weighted by Gasteiger charge is -2.15. The second-order valence-corrected chi connectivity index (χ2v) is 9.80. The molecule has 0 aliphatic rings. The van der Waals surface area contributed by atoms with Crippen molar-refractivity contribution < 1.29 is 13.2 Å². The monoisotopic (exact) mass is 460 g/mol. The van der Waals surface area contributed by atoms with Crippen molar-refractivity contribution in [3.05, 3.63) is 94.5 Å². The van der Waals surface area contributed by atoms with Crippen molar-refractivity contribution in [3.8, 4) is 0 Å². The van der Waals surface area contributed by atoms with Gasteiger partial charge in [-0.2, -0.15) is 0 Å². The molecular weight excluding hydrogens is 440 g/mol. The van der Waals surface area contributed by atoms with Crippen LogP contribution < -0.4 is 10.5 Å². The number of benzene rings is 3. The van der Waals surface area contributed by atoms with Crippen LogP contribution in [-0.4, -0.2) is 14.3 Å². The highest BCUT2D eigenvalue weighted by Crippen LogP contribution is 2.24. The van der Waals surface area contributed by atoms with Crippen LogP contribution in [-0.2, 0) is 15.8 Å².